The van der Waals surface area contributed by atoms with Gasteiger partial charge in [0.2, 0.25) is 0 Å². The fraction of sp³-hybridized carbons (Fsp3) is 0.143. The third kappa shape index (κ3) is 3.14. The Morgan fingerprint density at radius 1 is 1.09 bits per heavy atom. The van der Waals surface area contributed by atoms with Crippen molar-refractivity contribution < 1.29 is 13.2 Å². The van der Waals surface area contributed by atoms with Crippen molar-refractivity contribution in [1.29, 1.82) is 5.26 Å². The zero-order valence-electron chi connectivity index (χ0n) is 10.7. The minimum Gasteiger partial charge on any atom is -0.256 e. The molecule has 0 aliphatic rings. The number of nitrogens with zero attached hydrogens (tertiary/aromatic N) is 2. The van der Waals surface area contributed by atoms with Gasteiger partial charge in [0, 0.05) is 17.3 Å². The Morgan fingerprint density at radius 3 is 2.32 bits per heavy atom. The van der Waals surface area contributed by atoms with Crippen LogP contribution in [0, 0.1) is 11.3 Å². The van der Waals surface area contributed by atoms with E-state index in [1.807, 2.05) is 0 Å². The summed E-state index contributed by atoms with van der Waals surface area (Å²) >= 11 is 18.0. The molecule has 0 radical (unpaired) electrons. The van der Waals surface area contributed by atoms with Gasteiger partial charge in [0.25, 0.3) is 0 Å². The van der Waals surface area contributed by atoms with E-state index < -0.39 is 18.2 Å². The molecule has 1 aromatic carbocycles. The van der Waals surface area contributed by atoms with Crippen LogP contribution in [0.3, 0.4) is 0 Å². The first kappa shape index (κ1) is 16.9. The zero-order valence-corrected chi connectivity index (χ0v) is 12.9. The van der Waals surface area contributed by atoms with Crippen LogP contribution in [0.4, 0.5) is 13.2 Å². The van der Waals surface area contributed by atoms with Crippen LogP contribution in [-0.4, -0.2) is 4.98 Å². The number of benzene rings is 1. The smallest absolute Gasteiger partial charge is 0.256 e. The molecule has 0 fully saturated rings. The van der Waals surface area contributed by atoms with E-state index in [0.717, 1.165) is 12.3 Å². The van der Waals surface area contributed by atoms with Crippen molar-refractivity contribution in [3.63, 3.8) is 0 Å². The summed E-state index contributed by atoms with van der Waals surface area (Å²) in [5.41, 5.74) is -1.27. The summed E-state index contributed by atoms with van der Waals surface area (Å²) in [7, 11) is 0. The second-order valence-electron chi connectivity index (χ2n) is 4.24. The summed E-state index contributed by atoms with van der Waals surface area (Å²) in [4.78, 5) is 3.93. The van der Waals surface area contributed by atoms with Crippen LogP contribution < -0.4 is 0 Å². The van der Waals surface area contributed by atoms with Gasteiger partial charge in [0.15, 0.2) is 0 Å². The SMILES string of the molecule is N#CCc1c(C(F)(F)F)ccnc1-c1c(Cl)ccc(Cl)c1Cl. The number of alkyl halides is 3. The molecule has 0 saturated heterocycles. The zero-order chi connectivity index (χ0) is 16.5. The second kappa shape index (κ2) is 6.33. The van der Waals surface area contributed by atoms with Gasteiger partial charge in [-0.1, -0.05) is 34.8 Å². The van der Waals surface area contributed by atoms with Gasteiger partial charge in [0.05, 0.1) is 38.8 Å². The molecule has 0 unspecified atom stereocenters. The maximum atomic E-state index is 13.1. The molecular weight excluding hydrogens is 360 g/mol. The lowest BCUT2D eigenvalue weighted by Gasteiger charge is -2.16. The number of pyridine rings is 1. The maximum Gasteiger partial charge on any atom is 0.416 e. The van der Waals surface area contributed by atoms with Crippen LogP contribution in [0.2, 0.25) is 15.1 Å². The van der Waals surface area contributed by atoms with Crippen LogP contribution in [0.15, 0.2) is 24.4 Å². The second-order valence-corrected chi connectivity index (χ2v) is 5.43. The fourth-order valence-electron chi connectivity index (χ4n) is 1.98. The topological polar surface area (TPSA) is 36.7 Å². The molecule has 2 aromatic rings. The predicted octanol–water partition coefficient (Wildman–Crippen LogP) is 5.79. The largest absolute Gasteiger partial charge is 0.416 e. The molecule has 0 aliphatic heterocycles. The number of aromatic nitrogens is 1. The van der Waals surface area contributed by atoms with Gasteiger partial charge in [-0.25, -0.2) is 0 Å². The Hall–Kier alpha value is -1.48. The quantitative estimate of drug-likeness (QED) is 0.631. The Balaban J connectivity index is 2.83. The van der Waals surface area contributed by atoms with Crippen LogP contribution in [0.25, 0.3) is 11.3 Å². The van der Waals surface area contributed by atoms with E-state index in [1.54, 1.807) is 6.07 Å². The first-order chi connectivity index (χ1) is 10.3. The van der Waals surface area contributed by atoms with Crippen LogP contribution in [-0.2, 0) is 12.6 Å². The molecule has 0 N–H and O–H groups in total. The normalized spacial score (nSPS) is 11.3. The van der Waals surface area contributed by atoms with E-state index in [1.165, 1.54) is 12.1 Å². The van der Waals surface area contributed by atoms with Crippen LogP contribution >= 0.6 is 34.8 Å². The molecule has 1 heterocycles. The molecule has 0 bridgehead atoms. The molecule has 0 amide bonds. The monoisotopic (exact) mass is 364 g/mol. The van der Waals surface area contributed by atoms with Crippen molar-refractivity contribution in [2.45, 2.75) is 12.6 Å². The summed E-state index contributed by atoms with van der Waals surface area (Å²) in [6.45, 7) is 0. The summed E-state index contributed by atoms with van der Waals surface area (Å²) in [6, 6.07) is 5.34. The summed E-state index contributed by atoms with van der Waals surface area (Å²) < 4.78 is 39.4. The molecule has 1 aromatic heterocycles. The Kier molecular flexibility index (Phi) is 4.86. The van der Waals surface area contributed by atoms with Gasteiger partial charge in [-0.3, -0.25) is 4.98 Å². The maximum absolute atomic E-state index is 13.1. The van der Waals surface area contributed by atoms with Gasteiger partial charge in [-0.05, 0) is 18.2 Å². The van der Waals surface area contributed by atoms with Crippen molar-refractivity contribution >= 4 is 34.8 Å². The van der Waals surface area contributed by atoms with Crippen LogP contribution in [0.5, 0.6) is 0 Å². The average molecular weight is 366 g/mol. The highest BCUT2D eigenvalue weighted by Gasteiger charge is 2.35. The third-order valence-corrected chi connectivity index (χ3v) is 4.02. The molecule has 22 heavy (non-hydrogen) atoms. The molecule has 2 nitrogen and oxygen atoms in total. The lowest BCUT2D eigenvalue weighted by molar-refractivity contribution is -0.138. The average Bonchev–Trinajstić information content (AvgIpc) is 2.44. The van der Waals surface area contributed by atoms with Crippen molar-refractivity contribution in [3.05, 3.63) is 50.6 Å². The van der Waals surface area contributed by atoms with Gasteiger partial charge in [0.1, 0.15) is 0 Å². The highest BCUT2D eigenvalue weighted by Crippen LogP contribution is 2.42. The summed E-state index contributed by atoms with van der Waals surface area (Å²) in [6.07, 6.45) is -4.12. The Bertz CT molecular complexity index is 767. The predicted molar refractivity (Wildman–Crippen MR) is 79.0 cm³/mol. The van der Waals surface area contributed by atoms with Gasteiger partial charge in [-0.2, -0.15) is 18.4 Å². The van der Waals surface area contributed by atoms with Gasteiger partial charge >= 0.3 is 6.18 Å². The van der Waals surface area contributed by atoms with Crippen molar-refractivity contribution in [3.8, 4) is 17.3 Å². The molecular formula is C14H6Cl3F3N2. The van der Waals surface area contributed by atoms with Crippen LogP contribution in [0.1, 0.15) is 11.1 Å². The minimum atomic E-state index is -4.62. The lowest BCUT2D eigenvalue weighted by Crippen LogP contribution is -2.11. The minimum absolute atomic E-state index is 0.0137. The van der Waals surface area contributed by atoms with Gasteiger partial charge in [-0.15, -0.1) is 0 Å². The van der Waals surface area contributed by atoms with Crippen molar-refractivity contribution in [1.82, 2.24) is 4.98 Å². The van der Waals surface area contributed by atoms with Gasteiger partial charge < -0.3 is 0 Å². The number of nitriles is 1. The van der Waals surface area contributed by atoms with E-state index in [4.69, 9.17) is 40.1 Å². The Morgan fingerprint density at radius 2 is 1.73 bits per heavy atom. The standard InChI is InChI=1S/C14H6Cl3F3N2/c15-9-1-2-10(16)12(17)11(9)13-7(3-5-21)8(4-6-22-13)14(18,19)20/h1-2,4,6H,3H2. The van der Waals surface area contributed by atoms with E-state index in [-0.39, 0.29) is 31.9 Å². The Labute approximate surface area is 139 Å². The fourth-order valence-corrected chi connectivity index (χ4v) is 2.68. The number of halogens is 6. The van der Waals surface area contributed by atoms with E-state index in [2.05, 4.69) is 4.98 Å². The molecule has 0 atom stereocenters. The summed E-state index contributed by atoms with van der Waals surface area (Å²) in [5.74, 6) is 0. The number of rotatable bonds is 2. The third-order valence-electron chi connectivity index (χ3n) is 2.90. The summed E-state index contributed by atoms with van der Waals surface area (Å²) in [5, 5.41) is 9.05. The van der Waals surface area contributed by atoms with E-state index in [9.17, 15) is 13.2 Å². The highest BCUT2D eigenvalue weighted by atomic mass is 35.5. The van der Waals surface area contributed by atoms with E-state index in [0.29, 0.717) is 0 Å². The van der Waals surface area contributed by atoms with Crippen molar-refractivity contribution in [2.75, 3.05) is 0 Å². The molecule has 114 valence electrons. The molecule has 0 aliphatic carbocycles. The molecule has 0 saturated carbocycles. The molecule has 8 heteroatoms. The molecule has 0 spiro atoms. The number of hydrogen-bond acceptors (Lipinski definition) is 2. The van der Waals surface area contributed by atoms with E-state index >= 15 is 0 Å². The first-order valence-electron chi connectivity index (χ1n) is 5.83. The highest BCUT2D eigenvalue weighted by molar-refractivity contribution is 6.46. The lowest BCUT2D eigenvalue weighted by atomic mass is 9.98. The molecule has 2 rings (SSSR count). The number of hydrogen-bond donors (Lipinski definition) is 0. The first-order valence-corrected chi connectivity index (χ1v) is 6.96. The van der Waals surface area contributed by atoms with Crippen molar-refractivity contribution in [2.24, 2.45) is 0 Å².